The van der Waals surface area contributed by atoms with Gasteiger partial charge in [0.2, 0.25) is 0 Å². The first-order valence-corrected chi connectivity index (χ1v) is 8.56. The van der Waals surface area contributed by atoms with Gasteiger partial charge < -0.3 is 4.74 Å². The SMILES string of the molecule is C=Cc1ccc(S(C)(C)C(C)C(=O)OCC)cc1. The normalized spacial score (nSPS) is 13.8. The number of benzene rings is 1. The van der Waals surface area contributed by atoms with Crippen LogP contribution in [0.25, 0.3) is 6.08 Å². The molecule has 0 aromatic heterocycles. The van der Waals surface area contributed by atoms with Crippen molar-refractivity contribution in [1.82, 2.24) is 0 Å². The third-order valence-corrected chi connectivity index (χ3v) is 6.67. The van der Waals surface area contributed by atoms with Gasteiger partial charge in [-0.1, -0.05) is 24.8 Å². The fourth-order valence-corrected chi connectivity index (χ4v) is 3.45. The summed E-state index contributed by atoms with van der Waals surface area (Å²) in [5.74, 6) is -0.106. The lowest BCUT2D eigenvalue weighted by Gasteiger charge is -2.36. The molecule has 1 rings (SSSR count). The van der Waals surface area contributed by atoms with Gasteiger partial charge in [-0.15, -0.1) is 0 Å². The first-order valence-electron chi connectivity index (χ1n) is 6.04. The summed E-state index contributed by atoms with van der Waals surface area (Å²) in [6, 6.07) is 8.24. The van der Waals surface area contributed by atoms with Gasteiger partial charge in [-0.3, -0.25) is 4.79 Å². The summed E-state index contributed by atoms with van der Waals surface area (Å²) in [5, 5.41) is -0.0907. The Labute approximate surface area is 111 Å². The first-order chi connectivity index (χ1) is 8.43. The van der Waals surface area contributed by atoms with Crippen LogP contribution in [0, 0.1) is 0 Å². The van der Waals surface area contributed by atoms with Gasteiger partial charge in [-0.25, -0.2) is 10.0 Å². The van der Waals surface area contributed by atoms with Gasteiger partial charge in [0.1, 0.15) is 0 Å². The average molecular weight is 266 g/mol. The van der Waals surface area contributed by atoms with Crippen LogP contribution in [-0.4, -0.2) is 30.3 Å². The Morgan fingerprint density at radius 2 is 1.94 bits per heavy atom. The van der Waals surface area contributed by atoms with Gasteiger partial charge in [0.05, 0.1) is 11.9 Å². The molecular formula is C15H22O2S. The zero-order valence-electron chi connectivity index (χ0n) is 11.6. The van der Waals surface area contributed by atoms with Crippen LogP contribution in [-0.2, 0) is 9.53 Å². The van der Waals surface area contributed by atoms with Crippen molar-refractivity contribution in [3.8, 4) is 0 Å². The third-order valence-electron chi connectivity index (χ3n) is 3.23. The maximum Gasteiger partial charge on any atom is 0.317 e. The highest BCUT2D eigenvalue weighted by atomic mass is 32.3. The molecular weight excluding hydrogens is 244 g/mol. The molecule has 0 spiro atoms. The summed E-state index contributed by atoms with van der Waals surface area (Å²) in [4.78, 5) is 13.1. The standard InChI is InChI=1S/C15H22O2S/c1-6-13-8-10-14(11-9-13)18(4,5)12(3)15(16)17-7-2/h6,8-12H,1,7H2,2-5H3. The predicted molar refractivity (Wildman–Crippen MR) is 80.3 cm³/mol. The molecule has 0 radical (unpaired) electrons. The number of carbonyl (C=O) groups excluding carboxylic acids is 1. The summed E-state index contributed by atoms with van der Waals surface area (Å²) < 4.78 is 5.12. The van der Waals surface area contributed by atoms with Gasteiger partial charge >= 0.3 is 5.97 Å². The fourth-order valence-electron chi connectivity index (χ4n) is 1.66. The number of esters is 1. The van der Waals surface area contributed by atoms with Crippen molar-refractivity contribution < 1.29 is 9.53 Å². The molecule has 1 aromatic rings. The van der Waals surface area contributed by atoms with E-state index < -0.39 is 10.0 Å². The molecule has 3 heteroatoms. The van der Waals surface area contributed by atoms with Crippen LogP contribution in [0.5, 0.6) is 0 Å². The Balaban J connectivity index is 2.96. The lowest BCUT2D eigenvalue weighted by atomic mass is 10.2. The molecule has 0 aliphatic rings. The molecule has 1 atom stereocenters. The second-order valence-electron chi connectivity index (χ2n) is 4.57. The molecule has 18 heavy (non-hydrogen) atoms. The molecule has 1 aromatic carbocycles. The van der Waals surface area contributed by atoms with Crippen molar-refractivity contribution in [3.63, 3.8) is 0 Å². The molecule has 0 aliphatic carbocycles. The van der Waals surface area contributed by atoms with Crippen molar-refractivity contribution >= 4 is 22.1 Å². The third kappa shape index (κ3) is 3.16. The highest BCUT2D eigenvalue weighted by Crippen LogP contribution is 2.53. The molecule has 100 valence electrons. The summed E-state index contributed by atoms with van der Waals surface area (Å²) in [6.07, 6.45) is 6.12. The van der Waals surface area contributed by atoms with Crippen LogP contribution in [0.4, 0.5) is 0 Å². The Bertz CT molecular complexity index is 421. The van der Waals surface area contributed by atoms with Crippen LogP contribution in [0.15, 0.2) is 35.7 Å². The molecule has 2 nitrogen and oxygen atoms in total. The Kier molecular flexibility index (Phi) is 5.03. The van der Waals surface area contributed by atoms with Crippen LogP contribution < -0.4 is 0 Å². The Hall–Kier alpha value is -1.22. The maximum absolute atomic E-state index is 11.9. The van der Waals surface area contributed by atoms with E-state index in [1.54, 1.807) is 0 Å². The Morgan fingerprint density at radius 3 is 2.39 bits per heavy atom. The second kappa shape index (κ2) is 6.10. The van der Waals surface area contributed by atoms with E-state index in [1.165, 1.54) is 4.90 Å². The van der Waals surface area contributed by atoms with Crippen LogP contribution in [0.1, 0.15) is 19.4 Å². The van der Waals surface area contributed by atoms with E-state index in [0.717, 1.165) is 5.56 Å². The van der Waals surface area contributed by atoms with Crippen molar-refractivity contribution in [3.05, 3.63) is 36.4 Å². The first kappa shape index (κ1) is 14.8. The molecule has 0 heterocycles. The fraction of sp³-hybridized carbons (Fsp3) is 0.400. The van der Waals surface area contributed by atoms with E-state index in [1.807, 2.05) is 32.1 Å². The molecule has 0 saturated carbocycles. The minimum absolute atomic E-state index is 0.0907. The summed E-state index contributed by atoms with van der Waals surface area (Å²) in [5.41, 5.74) is 1.10. The average Bonchev–Trinajstić information content (AvgIpc) is 2.38. The predicted octanol–water partition coefficient (Wildman–Crippen LogP) is 3.70. The summed E-state index contributed by atoms with van der Waals surface area (Å²) in [7, 11) is -1.19. The van der Waals surface area contributed by atoms with Gasteiger partial charge in [-0.2, -0.15) is 0 Å². The van der Waals surface area contributed by atoms with Crippen molar-refractivity contribution in [2.24, 2.45) is 0 Å². The van der Waals surface area contributed by atoms with E-state index in [4.69, 9.17) is 4.74 Å². The molecule has 0 saturated heterocycles. The van der Waals surface area contributed by atoms with E-state index in [-0.39, 0.29) is 11.2 Å². The smallest absolute Gasteiger partial charge is 0.317 e. The highest BCUT2D eigenvalue weighted by Gasteiger charge is 2.29. The molecule has 0 fully saturated rings. The molecule has 1 unspecified atom stereocenters. The molecule has 0 amide bonds. The maximum atomic E-state index is 11.9. The van der Waals surface area contributed by atoms with E-state index in [0.29, 0.717) is 6.61 Å². The van der Waals surface area contributed by atoms with E-state index >= 15 is 0 Å². The number of carbonyl (C=O) groups is 1. The molecule has 0 aliphatic heterocycles. The van der Waals surface area contributed by atoms with Gasteiger partial charge in [0.25, 0.3) is 0 Å². The molecule has 0 N–H and O–H groups in total. The number of hydrogen-bond acceptors (Lipinski definition) is 2. The number of rotatable bonds is 5. The van der Waals surface area contributed by atoms with Crippen LogP contribution >= 0.6 is 10.0 Å². The van der Waals surface area contributed by atoms with Crippen molar-refractivity contribution in [1.29, 1.82) is 0 Å². The van der Waals surface area contributed by atoms with E-state index in [9.17, 15) is 4.79 Å². The number of ether oxygens (including phenoxy) is 1. The number of hydrogen-bond donors (Lipinski definition) is 0. The van der Waals surface area contributed by atoms with E-state index in [2.05, 4.69) is 31.2 Å². The summed E-state index contributed by atoms with van der Waals surface area (Å²) >= 11 is 0. The zero-order chi connectivity index (χ0) is 13.8. The topological polar surface area (TPSA) is 26.3 Å². The Morgan fingerprint density at radius 1 is 1.39 bits per heavy atom. The van der Waals surface area contributed by atoms with Crippen LogP contribution in [0.3, 0.4) is 0 Å². The monoisotopic (exact) mass is 266 g/mol. The molecule has 0 bridgehead atoms. The lowest BCUT2D eigenvalue weighted by Crippen LogP contribution is -2.25. The van der Waals surface area contributed by atoms with Gasteiger partial charge in [-0.05, 0) is 49.0 Å². The van der Waals surface area contributed by atoms with Gasteiger partial charge in [0, 0.05) is 0 Å². The van der Waals surface area contributed by atoms with Crippen molar-refractivity contribution in [2.75, 3.05) is 19.1 Å². The lowest BCUT2D eigenvalue weighted by molar-refractivity contribution is -0.142. The quantitative estimate of drug-likeness (QED) is 0.760. The van der Waals surface area contributed by atoms with Crippen LogP contribution in [0.2, 0.25) is 0 Å². The largest absolute Gasteiger partial charge is 0.465 e. The minimum Gasteiger partial charge on any atom is -0.465 e. The second-order valence-corrected chi connectivity index (χ2v) is 8.56. The van der Waals surface area contributed by atoms with Crippen molar-refractivity contribution in [2.45, 2.75) is 24.0 Å². The summed E-state index contributed by atoms with van der Waals surface area (Å²) in [6.45, 7) is 7.97. The minimum atomic E-state index is -1.19. The zero-order valence-corrected chi connectivity index (χ0v) is 12.4. The van der Waals surface area contributed by atoms with Gasteiger partial charge in [0.15, 0.2) is 0 Å². The highest BCUT2D eigenvalue weighted by molar-refractivity contribution is 8.33.